The van der Waals surface area contributed by atoms with Crippen molar-refractivity contribution in [3.05, 3.63) is 64.5 Å². The van der Waals surface area contributed by atoms with Crippen molar-refractivity contribution in [2.75, 3.05) is 14.1 Å². The summed E-state index contributed by atoms with van der Waals surface area (Å²) in [7, 11) is 3.19. The molecule has 0 N–H and O–H groups in total. The molecule has 1 amide bonds. The van der Waals surface area contributed by atoms with E-state index in [0.29, 0.717) is 11.5 Å². The Balaban J connectivity index is 2.35. The van der Waals surface area contributed by atoms with Gasteiger partial charge in [0, 0.05) is 37.6 Å². The van der Waals surface area contributed by atoms with Crippen LogP contribution in [-0.4, -0.2) is 35.4 Å². The molecule has 0 saturated heterocycles. The molecule has 1 aromatic carbocycles. The van der Waals surface area contributed by atoms with Crippen molar-refractivity contribution < 1.29 is 14.3 Å². The molecule has 0 spiro atoms. The minimum atomic E-state index is -1.11. The molecule has 6 heteroatoms. The minimum absolute atomic E-state index is 0.146. The molecule has 2 aromatic rings. The zero-order valence-corrected chi connectivity index (χ0v) is 18.5. The van der Waals surface area contributed by atoms with Crippen LogP contribution in [0.4, 0.5) is 0 Å². The molecule has 1 aromatic heterocycles. The largest absolute Gasteiger partial charge is 0.443 e. The Hall–Kier alpha value is -3.33. The molecule has 0 bridgehead atoms. The van der Waals surface area contributed by atoms with Crippen molar-refractivity contribution in [3.63, 3.8) is 0 Å². The second kappa shape index (κ2) is 9.93. The predicted molar refractivity (Wildman–Crippen MR) is 116 cm³/mol. The summed E-state index contributed by atoms with van der Waals surface area (Å²) in [6, 6.07) is 12.7. The summed E-state index contributed by atoms with van der Waals surface area (Å²) in [5, 5.41) is 9.58. The zero-order chi connectivity index (χ0) is 22.4. The number of amides is 1. The van der Waals surface area contributed by atoms with Crippen molar-refractivity contribution in [1.82, 2.24) is 9.47 Å². The highest BCUT2D eigenvalue weighted by Crippen LogP contribution is 2.23. The Bertz CT molecular complexity index is 979. The van der Waals surface area contributed by atoms with E-state index in [0.717, 1.165) is 23.5 Å². The average Bonchev–Trinajstić information content (AvgIpc) is 2.97. The number of hydrogen-bond donors (Lipinski definition) is 0. The van der Waals surface area contributed by atoms with Crippen LogP contribution in [0.25, 0.3) is 6.08 Å². The summed E-state index contributed by atoms with van der Waals surface area (Å²) in [5.41, 5.74) is 3.23. The summed E-state index contributed by atoms with van der Waals surface area (Å²) >= 11 is 0. The number of rotatable bonds is 7. The van der Waals surface area contributed by atoms with Crippen molar-refractivity contribution in [1.29, 1.82) is 5.26 Å². The van der Waals surface area contributed by atoms with Crippen LogP contribution in [0.15, 0.2) is 42.0 Å². The van der Waals surface area contributed by atoms with Crippen LogP contribution in [0.1, 0.15) is 42.5 Å². The third-order valence-corrected chi connectivity index (χ3v) is 4.79. The molecule has 1 heterocycles. The molecule has 0 fully saturated rings. The van der Waals surface area contributed by atoms with E-state index in [1.165, 1.54) is 11.0 Å². The Kier molecular flexibility index (Phi) is 7.60. The fourth-order valence-corrected chi connectivity index (χ4v) is 3.21. The number of esters is 1. The first kappa shape index (κ1) is 23.0. The quantitative estimate of drug-likeness (QED) is 0.394. The van der Waals surface area contributed by atoms with Gasteiger partial charge in [0.2, 0.25) is 6.10 Å². The SMILES string of the molecule is Cc1cc(/C=C(/C#N)C(=O)OC(C(=O)N(C)C)c2ccccc2)c(C)n1CC(C)C. The molecular formula is C24H29N3O3. The molecule has 158 valence electrons. The smallest absolute Gasteiger partial charge is 0.350 e. The monoisotopic (exact) mass is 407 g/mol. The summed E-state index contributed by atoms with van der Waals surface area (Å²) < 4.78 is 7.66. The highest BCUT2D eigenvalue weighted by molar-refractivity contribution is 5.99. The van der Waals surface area contributed by atoms with E-state index in [-0.39, 0.29) is 11.5 Å². The highest BCUT2D eigenvalue weighted by Gasteiger charge is 2.28. The number of likely N-dealkylation sites (N-methyl/N-ethyl adjacent to an activating group) is 1. The zero-order valence-electron chi connectivity index (χ0n) is 18.5. The van der Waals surface area contributed by atoms with E-state index in [1.54, 1.807) is 38.4 Å². The first-order chi connectivity index (χ1) is 14.1. The van der Waals surface area contributed by atoms with E-state index in [4.69, 9.17) is 4.74 Å². The van der Waals surface area contributed by atoms with Gasteiger partial charge in [0.1, 0.15) is 11.6 Å². The van der Waals surface area contributed by atoms with Crippen molar-refractivity contribution in [3.8, 4) is 6.07 Å². The van der Waals surface area contributed by atoms with E-state index in [9.17, 15) is 14.9 Å². The Morgan fingerprint density at radius 3 is 2.37 bits per heavy atom. The van der Waals surface area contributed by atoms with Crippen molar-refractivity contribution in [2.45, 2.75) is 40.3 Å². The predicted octanol–water partition coefficient (Wildman–Crippen LogP) is 4.04. The topological polar surface area (TPSA) is 75.3 Å². The lowest BCUT2D eigenvalue weighted by Gasteiger charge is -2.21. The molecule has 0 aliphatic heterocycles. The van der Waals surface area contributed by atoms with Gasteiger partial charge < -0.3 is 14.2 Å². The summed E-state index contributed by atoms with van der Waals surface area (Å²) in [6.07, 6.45) is 0.419. The number of carbonyl (C=O) groups excluding carboxylic acids is 2. The third kappa shape index (κ3) is 5.38. The van der Waals surface area contributed by atoms with E-state index in [2.05, 4.69) is 18.4 Å². The average molecular weight is 408 g/mol. The maximum Gasteiger partial charge on any atom is 0.350 e. The Labute approximate surface area is 178 Å². The van der Waals surface area contributed by atoms with Gasteiger partial charge in [-0.2, -0.15) is 5.26 Å². The first-order valence-electron chi connectivity index (χ1n) is 9.91. The number of nitriles is 1. The lowest BCUT2D eigenvalue weighted by molar-refractivity contribution is -0.156. The molecule has 6 nitrogen and oxygen atoms in total. The standard InChI is InChI=1S/C24H29N3O3/c1-16(2)15-27-17(3)12-20(18(27)4)13-21(14-25)24(29)30-22(23(28)26(5)6)19-10-8-7-9-11-19/h7-13,16,22H,15H2,1-6H3/b21-13-. The molecule has 1 atom stereocenters. The molecule has 0 radical (unpaired) electrons. The fourth-order valence-electron chi connectivity index (χ4n) is 3.21. The molecule has 30 heavy (non-hydrogen) atoms. The lowest BCUT2D eigenvalue weighted by atomic mass is 10.1. The summed E-state index contributed by atoms with van der Waals surface area (Å²) in [6.45, 7) is 9.09. The number of aryl methyl sites for hydroxylation is 1. The van der Waals surface area contributed by atoms with E-state index >= 15 is 0 Å². The molecule has 0 saturated carbocycles. The lowest BCUT2D eigenvalue weighted by Crippen LogP contribution is -2.31. The van der Waals surface area contributed by atoms with Gasteiger partial charge in [-0.25, -0.2) is 4.79 Å². The summed E-state index contributed by atoms with van der Waals surface area (Å²) in [4.78, 5) is 26.7. The van der Waals surface area contributed by atoms with Gasteiger partial charge in [-0.1, -0.05) is 44.2 Å². The minimum Gasteiger partial charge on any atom is -0.443 e. The van der Waals surface area contributed by atoms with Crippen LogP contribution in [0.3, 0.4) is 0 Å². The molecule has 2 rings (SSSR count). The summed E-state index contributed by atoms with van der Waals surface area (Å²) in [5.74, 6) is -0.729. The van der Waals surface area contributed by atoms with Crippen LogP contribution >= 0.6 is 0 Å². The number of hydrogen-bond acceptors (Lipinski definition) is 4. The van der Waals surface area contributed by atoms with Gasteiger partial charge in [-0.15, -0.1) is 0 Å². The van der Waals surface area contributed by atoms with Crippen molar-refractivity contribution in [2.24, 2.45) is 5.92 Å². The van der Waals surface area contributed by atoms with Gasteiger partial charge >= 0.3 is 5.97 Å². The fraction of sp³-hybridized carbons (Fsp3) is 0.375. The third-order valence-electron chi connectivity index (χ3n) is 4.79. The van der Waals surface area contributed by atoms with Crippen LogP contribution < -0.4 is 0 Å². The highest BCUT2D eigenvalue weighted by atomic mass is 16.5. The van der Waals surface area contributed by atoms with Crippen LogP contribution in [-0.2, 0) is 20.9 Å². The second-order valence-electron chi connectivity index (χ2n) is 7.93. The van der Waals surface area contributed by atoms with Crippen LogP contribution in [0.5, 0.6) is 0 Å². The Morgan fingerprint density at radius 1 is 1.20 bits per heavy atom. The number of benzene rings is 1. The normalized spacial score (nSPS) is 12.4. The van der Waals surface area contributed by atoms with Gasteiger partial charge in [-0.3, -0.25) is 4.79 Å². The maximum atomic E-state index is 12.8. The number of aromatic nitrogens is 1. The van der Waals surface area contributed by atoms with E-state index < -0.39 is 12.1 Å². The van der Waals surface area contributed by atoms with Gasteiger partial charge in [0.25, 0.3) is 5.91 Å². The van der Waals surface area contributed by atoms with Crippen LogP contribution in [0.2, 0.25) is 0 Å². The Morgan fingerprint density at radius 2 is 1.83 bits per heavy atom. The number of nitrogens with zero attached hydrogens (tertiary/aromatic N) is 3. The van der Waals surface area contributed by atoms with Gasteiger partial charge in [0.15, 0.2) is 0 Å². The van der Waals surface area contributed by atoms with Gasteiger partial charge in [0.05, 0.1) is 0 Å². The maximum absolute atomic E-state index is 12.8. The molecule has 1 unspecified atom stereocenters. The molecule has 0 aliphatic carbocycles. The van der Waals surface area contributed by atoms with Crippen molar-refractivity contribution >= 4 is 18.0 Å². The molecule has 0 aliphatic rings. The van der Waals surface area contributed by atoms with Gasteiger partial charge in [-0.05, 0) is 37.5 Å². The first-order valence-corrected chi connectivity index (χ1v) is 9.91. The van der Waals surface area contributed by atoms with E-state index in [1.807, 2.05) is 32.0 Å². The number of ether oxygens (including phenoxy) is 1. The second-order valence-corrected chi connectivity index (χ2v) is 7.93. The molecular weight excluding hydrogens is 378 g/mol. The van der Waals surface area contributed by atoms with Crippen LogP contribution in [0, 0.1) is 31.1 Å². The number of carbonyl (C=O) groups is 2.